The molecule has 0 atom stereocenters. The molecule has 0 aromatic heterocycles. The summed E-state index contributed by atoms with van der Waals surface area (Å²) in [5.41, 5.74) is 1.59. The number of likely N-dealkylation sites (N-methyl/N-ethyl adjacent to an activating group) is 1. The Kier molecular flexibility index (Phi) is 5.89. The number of nitrogens with zero attached hydrogens (tertiary/aromatic N) is 2. The number of aryl methyl sites for hydroxylation is 1. The molecule has 0 aliphatic rings. The number of rotatable bonds is 7. The molecule has 0 fully saturated rings. The van der Waals surface area contributed by atoms with Crippen LogP contribution in [0.25, 0.3) is 0 Å². The number of ether oxygens (including phenoxy) is 1. The van der Waals surface area contributed by atoms with Gasteiger partial charge in [0.25, 0.3) is 11.6 Å². The SMILES string of the molecule is CCN(Cc1ccccc1)C(=O)COc1ccc([N+](=O)[O-])c(C)c1. The summed E-state index contributed by atoms with van der Waals surface area (Å²) in [6.07, 6.45) is 0. The highest BCUT2D eigenvalue weighted by Crippen LogP contribution is 2.23. The molecule has 0 radical (unpaired) electrons. The van der Waals surface area contributed by atoms with Crippen LogP contribution in [-0.2, 0) is 11.3 Å². The minimum atomic E-state index is -0.442. The summed E-state index contributed by atoms with van der Waals surface area (Å²) in [4.78, 5) is 24.4. The largest absolute Gasteiger partial charge is 0.484 e. The number of benzene rings is 2. The maximum Gasteiger partial charge on any atom is 0.272 e. The second-order valence-electron chi connectivity index (χ2n) is 5.39. The number of hydrogen-bond acceptors (Lipinski definition) is 4. The van der Waals surface area contributed by atoms with Crippen LogP contribution >= 0.6 is 0 Å². The monoisotopic (exact) mass is 328 g/mol. The molecule has 0 saturated carbocycles. The highest BCUT2D eigenvalue weighted by atomic mass is 16.6. The summed E-state index contributed by atoms with van der Waals surface area (Å²) in [7, 11) is 0. The first kappa shape index (κ1) is 17.5. The average molecular weight is 328 g/mol. The van der Waals surface area contributed by atoms with Crippen molar-refractivity contribution in [3.8, 4) is 5.75 Å². The van der Waals surface area contributed by atoms with E-state index in [1.807, 2.05) is 37.3 Å². The topological polar surface area (TPSA) is 72.7 Å². The van der Waals surface area contributed by atoms with Gasteiger partial charge in [-0.25, -0.2) is 0 Å². The molecular formula is C18H20N2O4. The number of carbonyl (C=O) groups is 1. The van der Waals surface area contributed by atoms with Crippen LogP contribution in [-0.4, -0.2) is 28.9 Å². The summed E-state index contributed by atoms with van der Waals surface area (Å²) in [6, 6.07) is 14.2. The van der Waals surface area contributed by atoms with E-state index in [9.17, 15) is 14.9 Å². The van der Waals surface area contributed by atoms with Crippen molar-refractivity contribution in [3.05, 3.63) is 69.8 Å². The summed E-state index contributed by atoms with van der Waals surface area (Å²) < 4.78 is 5.49. The number of amides is 1. The molecule has 6 nitrogen and oxygen atoms in total. The fourth-order valence-corrected chi connectivity index (χ4v) is 2.34. The predicted molar refractivity (Wildman–Crippen MR) is 90.9 cm³/mol. The minimum Gasteiger partial charge on any atom is -0.484 e. The first-order valence-corrected chi connectivity index (χ1v) is 7.70. The van der Waals surface area contributed by atoms with Gasteiger partial charge in [-0.2, -0.15) is 0 Å². The summed E-state index contributed by atoms with van der Waals surface area (Å²) in [5, 5.41) is 10.8. The molecule has 0 bridgehead atoms. The lowest BCUT2D eigenvalue weighted by molar-refractivity contribution is -0.385. The van der Waals surface area contributed by atoms with Gasteiger partial charge in [0.05, 0.1) is 4.92 Å². The van der Waals surface area contributed by atoms with E-state index in [-0.39, 0.29) is 18.2 Å². The van der Waals surface area contributed by atoms with Crippen molar-refractivity contribution in [2.75, 3.05) is 13.2 Å². The van der Waals surface area contributed by atoms with Gasteiger partial charge in [0, 0.05) is 24.7 Å². The Morgan fingerprint density at radius 3 is 2.50 bits per heavy atom. The Labute approximate surface area is 140 Å². The highest BCUT2D eigenvalue weighted by molar-refractivity contribution is 5.77. The van der Waals surface area contributed by atoms with Crippen LogP contribution in [0.15, 0.2) is 48.5 Å². The molecule has 0 aliphatic carbocycles. The van der Waals surface area contributed by atoms with Crippen LogP contribution in [0.5, 0.6) is 5.75 Å². The molecule has 0 aliphatic heterocycles. The van der Waals surface area contributed by atoms with Crippen molar-refractivity contribution in [2.24, 2.45) is 0 Å². The van der Waals surface area contributed by atoms with E-state index >= 15 is 0 Å². The third-order valence-electron chi connectivity index (χ3n) is 3.68. The van der Waals surface area contributed by atoms with Gasteiger partial charge in [-0.1, -0.05) is 30.3 Å². The standard InChI is InChI=1S/C18H20N2O4/c1-3-19(12-15-7-5-4-6-8-15)18(21)13-24-16-9-10-17(20(22)23)14(2)11-16/h4-11H,3,12-13H2,1-2H3. The number of hydrogen-bond donors (Lipinski definition) is 0. The predicted octanol–water partition coefficient (Wildman–Crippen LogP) is 3.33. The van der Waals surface area contributed by atoms with E-state index in [1.165, 1.54) is 12.1 Å². The maximum absolute atomic E-state index is 12.3. The van der Waals surface area contributed by atoms with E-state index in [4.69, 9.17) is 4.74 Å². The Bertz CT molecular complexity index is 716. The fourth-order valence-electron chi connectivity index (χ4n) is 2.34. The van der Waals surface area contributed by atoms with Gasteiger partial charge in [0.2, 0.25) is 0 Å². The number of carbonyl (C=O) groups excluding carboxylic acids is 1. The van der Waals surface area contributed by atoms with E-state index in [0.717, 1.165) is 5.56 Å². The Balaban J connectivity index is 1.96. The normalized spacial score (nSPS) is 10.2. The van der Waals surface area contributed by atoms with Gasteiger partial charge in [0.1, 0.15) is 5.75 Å². The van der Waals surface area contributed by atoms with Crippen LogP contribution in [0, 0.1) is 17.0 Å². The van der Waals surface area contributed by atoms with Crippen LogP contribution < -0.4 is 4.74 Å². The van der Waals surface area contributed by atoms with Gasteiger partial charge < -0.3 is 9.64 Å². The van der Waals surface area contributed by atoms with Crippen LogP contribution in [0.4, 0.5) is 5.69 Å². The molecule has 126 valence electrons. The van der Waals surface area contributed by atoms with Gasteiger partial charge in [-0.3, -0.25) is 14.9 Å². The Morgan fingerprint density at radius 1 is 1.21 bits per heavy atom. The molecule has 1 amide bonds. The molecule has 0 heterocycles. The molecule has 0 unspecified atom stereocenters. The fraction of sp³-hybridized carbons (Fsp3) is 0.278. The second-order valence-corrected chi connectivity index (χ2v) is 5.39. The van der Waals surface area contributed by atoms with Gasteiger partial charge in [-0.15, -0.1) is 0 Å². The van der Waals surface area contributed by atoms with Crippen LogP contribution in [0.1, 0.15) is 18.1 Å². The third-order valence-corrected chi connectivity index (χ3v) is 3.68. The summed E-state index contributed by atoms with van der Waals surface area (Å²) >= 11 is 0. The van der Waals surface area contributed by atoms with Crippen molar-refractivity contribution < 1.29 is 14.5 Å². The Morgan fingerprint density at radius 2 is 1.92 bits per heavy atom. The summed E-state index contributed by atoms with van der Waals surface area (Å²) in [5.74, 6) is 0.319. The van der Waals surface area contributed by atoms with Crippen molar-refractivity contribution in [2.45, 2.75) is 20.4 Å². The third kappa shape index (κ3) is 4.55. The first-order valence-electron chi connectivity index (χ1n) is 7.70. The number of nitro benzene ring substituents is 1. The lowest BCUT2D eigenvalue weighted by atomic mass is 10.2. The molecule has 2 aromatic rings. The van der Waals surface area contributed by atoms with Gasteiger partial charge >= 0.3 is 0 Å². The maximum atomic E-state index is 12.3. The van der Waals surface area contributed by atoms with Crippen molar-refractivity contribution >= 4 is 11.6 Å². The van der Waals surface area contributed by atoms with Crippen LogP contribution in [0.3, 0.4) is 0 Å². The van der Waals surface area contributed by atoms with E-state index in [1.54, 1.807) is 17.9 Å². The molecule has 0 N–H and O–H groups in total. The molecule has 0 saturated heterocycles. The zero-order chi connectivity index (χ0) is 17.5. The second kappa shape index (κ2) is 8.10. The quantitative estimate of drug-likeness (QED) is 0.577. The van der Waals surface area contributed by atoms with Crippen molar-refractivity contribution in [3.63, 3.8) is 0 Å². The van der Waals surface area contributed by atoms with Crippen molar-refractivity contribution in [1.82, 2.24) is 4.90 Å². The lowest BCUT2D eigenvalue weighted by Gasteiger charge is -2.21. The van der Waals surface area contributed by atoms with E-state index in [0.29, 0.717) is 24.4 Å². The van der Waals surface area contributed by atoms with Crippen molar-refractivity contribution in [1.29, 1.82) is 0 Å². The summed E-state index contributed by atoms with van der Waals surface area (Å²) in [6.45, 7) is 4.56. The van der Waals surface area contributed by atoms with Gasteiger partial charge in [0.15, 0.2) is 6.61 Å². The Hall–Kier alpha value is -2.89. The number of nitro groups is 1. The van der Waals surface area contributed by atoms with Crippen LogP contribution in [0.2, 0.25) is 0 Å². The molecular weight excluding hydrogens is 308 g/mol. The highest BCUT2D eigenvalue weighted by Gasteiger charge is 2.14. The zero-order valence-corrected chi connectivity index (χ0v) is 13.8. The average Bonchev–Trinajstić information content (AvgIpc) is 2.58. The van der Waals surface area contributed by atoms with E-state index < -0.39 is 4.92 Å². The molecule has 2 aromatic carbocycles. The lowest BCUT2D eigenvalue weighted by Crippen LogP contribution is -2.34. The molecule has 6 heteroatoms. The minimum absolute atomic E-state index is 0.0351. The first-order chi connectivity index (χ1) is 11.5. The molecule has 0 spiro atoms. The molecule has 24 heavy (non-hydrogen) atoms. The van der Waals surface area contributed by atoms with Gasteiger partial charge in [-0.05, 0) is 31.5 Å². The van der Waals surface area contributed by atoms with E-state index in [2.05, 4.69) is 0 Å². The molecule has 2 rings (SSSR count). The zero-order valence-electron chi connectivity index (χ0n) is 13.8. The smallest absolute Gasteiger partial charge is 0.272 e.